The predicted octanol–water partition coefficient (Wildman–Crippen LogP) is 13.4. The Bertz CT molecular complexity index is 2330. The number of hydrogen-bond acceptors (Lipinski definition) is 2. The lowest BCUT2D eigenvalue weighted by Gasteiger charge is -2.29. The first kappa shape index (κ1) is 30.2. The fourth-order valence-electron chi connectivity index (χ4n) is 7.68. The fourth-order valence-corrected chi connectivity index (χ4v) is 7.68. The Morgan fingerprint density at radius 2 is 1.06 bits per heavy atom. The van der Waals surface area contributed by atoms with Gasteiger partial charge in [-0.05, 0) is 132 Å². The number of aryl methyl sites for hydroxylation is 1. The van der Waals surface area contributed by atoms with Crippen LogP contribution in [0.1, 0.15) is 43.4 Å². The molecule has 5 aromatic carbocycles. The van der Waals surface area contributed by atoms with Crippen molar-refractivity contribution in [1.29, 1.82) is 0 Å². The lowest BCUT2D eigenvalue weighted by atomic mass is 9.87. The second kappa shape index (κ2) is 13.2. The number of allylic oxidation sites excluding steroid dienone is 9. The first-order valence-corrected chi connectivity index (χ1v) is 17.9. The van der Waals surface area contributed by atoms with Gasteiger partial charge >= 0.3 is 0 Å². The van der Waals surface area contributed by atoms with Crippen LogP contribution in [0.3, 0.4) is 0 Å². The summed E-state index contributed by atoms with van der Waals surface area (Å²) in [6.45, 7) is 0. The molecule has 0 atom stereocenters. The molecule has 0 saturated heterocycles. The lowest BCUT2D eigenvalue weighted by molar-refractivity contribution is 0.593. The molecule has 0 unspecified atom stereocenters. The van der Waals surface area contributed by atoms with Gasteiger partial charge in [0, 0.05) is 28.0 Å². The molecule has 0 amide bonds. The summed E-state index contributed by atoms with van der Waals surface area (Å²) < 4.78 is 6.36. The van der Waals surface area contributed by atoms with Gasteiger partial charge in [0.2, 0.25) is 0 Å². The molecule has 1 aromatic heterocycles. The monoisotopic (exact) mass is 645 g/mol. The molecule has 1 heterocycles. The topological polar surface area (TPSA) is 16.4 Å². The largest absolute Gasteiger partial charge is 0.456 e. The van der Waals surface area contributed by atoms with E-state index < -0.39 is 0 Å². The third-order valence-corrected chi connectivity index (χ3v) is 10.4. The summed E-state index contributed by atoms with van der Waals surface area (Å²) >= 11 is 0. The van der Waals surface area contributed by atoms with Crippen molar-refractivity contribution in [2.75, 3.05) is 4.90 Å². The van der Waals surface area contributed by atoms with Gasteiger partial charge in [0.15, 0.2) is 0 Å². The van der Waals surface area contributed by atoms with E-state index in [2.05, 4.69) is 169 Å². The maximum atomic E-state index is 6.36. The number of nitrogens with zero attached hydrogens (tertiary/aromatic N) is 1. The molecule has 2 heteroatoms. The Hall–Kier alpha value is -5.86. The minimum atomic E-state index is 0.978. The molecule has 0 aliphatic heterocycles. The van der Waals surface area contributed by atoms with Crippen LogP contribution in [0.15, 0.2) is 179 Å². The van der Waals surface area contributed by atoms with Gasteiger partial charge in [-0.3, -0.25) is 0 Å². The predicted molar refractivity (Wildman–Crippen MR) is 210 cm³/mol. The molecule has 0 radical (unpaired) electrons. The molecule has 0 bridgehead atoms. The highest BCUT2D eigenvalue weighted by Gasteiger charge is 2.21. The molecule has 3 aliphatic rings. The highest BCUT2D eigenvalue weighted by molar-refractivity contribution is 5.90. The zero-order valence-corrected chi connectivity index (χ0v) is 28.2. The Morgan fingerprint density at radius 1 is 0.480 bits per heavy atom. The van der Waals surface area contributed by atoms with Gasteiger partial charge in [-0.1, -0.05) is 115 Å². The van der Waals surface area contributed by atoms with Crippen molar-refractivity contribution >= 4 is 28.4 Å². The van der Waals surface area contributed by atoms with Gasteiger partial charge in [-0.15, -0.1) is 0 Å². The highest BCUT2D eigenvalue weighted by atomic mass is 16.3. The number of anilines is 2. The van der Waals surface area contributed by atoms with Crippen LogP contribution in [-0.2, 0) is 6.42 Å². The number of fused-ring (bicyclic) bond motifs is 3. The molecule has 0 spiro atoms. The van der Waals surface area contributed by atoms with Crippen molar-refractivity contribution in [3.05, 3.63) is 186 Å². The number of benzene rings is 5. The van der Waals surface area contributed by atoms with Crippen LogP contribution in [-0.4, -0.2) is 0 Å². The Morgan fingerprint density at radius 3 is 1.68 bits per heavy atom. The smallest absolute Gasteiger partial charge is 0.135 e. The molecule has 242 valence electrons. The zero-order chi connectivity index (χ0) is 33.3. The van der Waals surface area contributed by atoms with Crippen LogP contribution in [0.2, 0.25) is 0 Å². The van der Waals surface area contributed by atoms with Crippen LogP contribution in [0.4, 0.5) is 11.4 Å². The van der Waals surface area contributed by atoms with E-state index in [1.165, 1.54) is 72.5 Å². The molecule has 9 rings (SSSR count). The zero-order valence-electron chi connectivity index (χ0n) is 28.2. The summed E-state index contributed by atoms with van der Waals surface area (Å²) in [6, 6.07) is 44.2. The van der Waals surface area contributed by atoms with Crippen LogP contribution in [0.25, 0.3) is 50.4 Å². The van der Waals surface area contributed by atoms with Crippen molar-refractivity contribution < 1.29 is 4.42 Å². The summed E-state index contributed by atoms with van der Waals surface area (Å²) in [5.41, 5.74) is 16.2. The standard InChI is InChI=1S/C48H39NO/c1-4-10-34(11-5-1)37-20-26-43(27-21-37)49(42-14-8-3-9-15-42)44-28-22-38(23-29-44)36-16-18-39(19-17-36)40-25-31-47-46(32-40)45-30-24-41(33-48(45)50-47)35-12-6-2-7-13-35/h1-6,8,10-12,14,16-23,25-29,31-33H,7,9,13,15,24,30H2. The van der Waals surface area contributed by atoms with Crippen LogP contribution in [0, 0.1) is 0 Å². The second-order valence-electron chi connectivity index (χ2n) is 13.5. The molecule has 6 aromatic rings. The maximum absolute atomic E-state index is 6.36. The highest BCUT2D eigenvalue weighted by Crippen LogP contribution is 2.39. The van der Waals surface area contributed by atoms with Crippen molar-refractivity contribution in [3.8, 4) is 33.4 Å². The average Bonchev–Trinajstić information content (AvgIpc) is 3.57. The van der Waals surface area contributed by atoms with E-state index in [0.29, 0.717) is 0 Å². The molecular weight excluding hydrogens is 607 g/mol. The molecule has 0 saturated carbocycles. The van der Waals surface area contributed by atoms with Crippen LogP contribution in [0.5, 0.6) is 0 Å². The van der Waals surface area contributed by atoms with E-state index in [1.807, 2.05) is 0 Å². The molecule has 0 N–H and O–H groups in total. The third kappa shape index (κ3) is 5.88. The summed E-state index contributed by atoms with van der Waals surface area (Å²) in [6.07, 6.45) is 22.1. The quantitative estimate of drug-likeness (QED) is 0.172. The van der Waals surface area contributed by atoms with E-state index in [1.54, 1.807) is 0 Å². The lowest BCUT2D eigenvalue weighted by Crippen LogP contribution is -2.17. The van der Waals surface area contributed by atoms with E-state index in [0.717, 1.165) is 49.9 Å². The van der Waals surface area contributed by atoms with Crippen molar-refractivity contribution in [2.45, 2.75) is 38.5 Å². The molecular formula is C48H39NO. The van der Waals surface area contributed by atoms with Gasteiger partial charge in [-0.2, -0.15) is 0 Å². The van der Waals surface area contributed by atoms with Crippen LogP contribution >= 0.6 is 0 Å². The van der Waals surface area contributed by atoms with Gasteiger partial charge in [0.05, 0.1) is 0 Å². The van der Waals surface area contributed by atoms with Gasteiger partial charge < -0.3 is 9.32 Å². The third-order valence-electron chi connectivity index (χ3n) is 10.4. The Labute approximate surface area is 294 Å². The first-order valence-electron chi connectivity index (χ1n) is 17.9. The molecule has 0 fully saturated rings. The summed E-state index contributed by atoms with van der Waals surface area (Å²) in [5.74, 6) is 1.03. The Kier molecular flexibility index (Phi) is 7.99. The minimum Gasteiger partial charge on any atom is -0.456 e. The maximum Gasteiger partial charge on any atom is 0.135 e. The van der Waals surface area contributed by atoms with Gasteiger partial charge in [0.25, 0.3) is 0 Å². The molecule has 50 heavy (non-hydrogen) atoms. The van der Waals surface area contributed by atoms with Crippen molar-refractivity contribution in [3.63, 3.8) is 0 Å². The van der Waals surface area contributed by atoms with E-state index in [9.17, 15) is 0 Å². The second-order valence-corrected chi connectivity index (χ2v) is 13.5. The number of furan rings is 1. The van der Waals surface area contributed by atoms with E-state index >= 15 is 0 Å². The van der Waals surface area contributed by atoms with Gasteiger partial charge in [-0.25, -0.2) is 0 Å². The van der Waals surface area contributed by atoms with Crippen molar-refractivity contribution in [2.24, 2.45) is 0 Å². The SMILES string of the molecule is C1=CCCC(C2=Cc3oc4ccc(-c5ccc(-c6ccc(N(C7=CC=CCC7)c7ccc(-c8ccccc8)cc7)cc6)cc5)cc4c3CC2)=C1. The normalized spacial score (nSPS) is 15.3. The molecule has 2 nitrogen and oxygen atoms in total. The van der Waals surface area contributed by atoms with Crippen molar-refractivity contribution in [1.82, 2.24) is 0 Å². The summed E-state index contributed by atoms with van der Waals surface area (Å²) in [7, 11) is 0. The summed E-state index contributed by atoms with van der Waals surface area (Å²) in [5, 5.41) is 1.24. The first-order chi connectivity index (χ1) is 24.8. The average molecular weight is 646 g/mol. The Balaban J connectivity index is 0.964. The van der Waals surface area contributed by atoms with Crippen LogP contribution < -0.4 is 4.90 Å². The minimum absolute atomic E-state index is 0.978. The molecule has 3 aliphatic carbocycles. The van der Waals surface area contributed by atoms with Gasteiger partial charge in [0.1, 0.15) is 11.3 Å². The number of hydrogen-bond donors (Lipinski definition) is 0. The van der Waals surface area contributed by atoms with E-state index in [-0.39, 0.29) is 0 Å². The van der Waals surface area contributed by atoms with E-state index in [4.69, 9.17) is 4.42 Å². The number of rotatable bonds is 7. The summed E-state index contributed by atoms with van der Waals surface area (Å²) in [4.78, 5) is 2.40. The fraction of sp³-hybridized carbons (Fsp3) is 0.125.